The zero-order chi connectivity index (χ0) is 21.1. The summed E-state index contributed by atoms with van der Waals surface area (Å²) >= 11 is 11.9. The molecule has 0 spiro atoms. The van der Waals surface area contributed by atoms with E-state index in [1.165, 1.54) is 29.8 Å². The van der Waals surface area contributed by atoms with E-state index in [0.717, 1.165) is 17.0 Å². The lowest BCUT2D eigenvalue weighted by atomic mass is 10.1. The van der Waals surface area contributed by atoms with Crippen LogP contribution >= 0.6 is 23.2 Å². The number of nitrogens with zero attached hydrogens (tertiary/aromatic N) is 2. The van der Waals surface area contributed by atoms with Crippen molar-refractivity contribution in [2.75, 3.05) is 13.2 Å². The van der Waals surface area contributed by atoms with Crippen LogP contribution in [0.15, 0.2) is 30.3 Å². The highest BCUT2D eigenvalue weighted by Crippen LogP contribution is 2.30. The molecule has 2 rings (SSSR count). The lowest BCUT2D eigenvalue weighted by Crippen LogP contribution is -2.37. The van der Waals surface area contributed by atoms with Gasteiger partial charge in [0, 0.05) is 13.6 Å². The maximum absolute atomic E-state index is 12.9. The van der Waals surface area contributed by atoms with Gasteiger partial charge in [-0.2, -0.15) is 13.2 Å². The van der Waals surface area contributed by atoms with Gasteiger partial charge in [0.25, 0.3) is 5.91 Å². The van der Waals surface area contributed by atoms with E-state index in [4.69, 9.17) is 27.9 Å². The first-order valence-electron chi connectivity index (χ1n) is 8.16. The first-order chi connectivity index (χ1) is 13.0. The Morgan fingerprint density at radius 3 is 2.25 bits per heavy atom. The molecule has 0 aliphatic rings. The monoisotopic (exact) mass is 436 g/mol. The molecule has 10 heteroatoms. The number of hydrogen-bond donors (Lipinski definition) is 0. The van der Waals surface area contributed by atoms with Crippen LogP contribution in [-0.4, -0.2) is 34.5 Å². The van der Waals surface area contributed by atoms with E-state index < -0.39 is 23.6 Å². The summed E-state index contributed by atoms with van der Waals surface area (Å²) in [7, 11) is 1.53. The molecule has 152 valence electrons. The molecule has 1 heterocycles. The van der Waals surface area contributed by atoms with Crippen LogP contribution in [0, 0.1) is 0 Å². The van der Waals surface area contributed by atoms with Crippen molar-refractivity contribution < 1.29 is 27.5 Å². The predicted molar refractivity (Wildman–Crippen MR) is 98.3 cm³/mol. The molecule has 0 aliphatic heterocycles. The molecule has 0 N–H and O–H groups in total. The number of benzene rings is 1. The summed E-state index contributed by atoms with van der Waals surface area (Å²) in [6.07, 6.45) is -4.46. The Morgan fingerprint density at radius 1 is 1.18 bits per heavy atom. The van der Waals surface area contributed by atoms with Crippen molar-refractivity contribution >= 4 is 35.1 Å². The molecule has 1 aromatic heterocycles. The number of ether oxygens (including phenoxy) is 1. The molecule has 1 aromatic carbocycles. The van der Waals surface area contributed by atoms with E-state index in [1.54, 1.807) is 6.92 Å². The van der Waals surface area contributed by atoms with Gasteiger partial charge in [0.15, 0.2) is 0 Å². The average molecular weight is 437 g/mol. The first-order valence-corrected chi connectivity index (χ1v) is 8.92. The Morgan fingerprint density at radius 2 is 1.79 bits per heavy atom. The molecule has 0 atom stereocenters. The van der Waals surface area contributed by atoms with Crippen LogP contribution in [0.5, 0.6) is 0 Å². The Hall–Kier alpha value is -2.19. The van der Waals surface area contributed by atoms with Gasteiger partial charge < -0.3 is 14.2 Å². The van der Waals surface area contributed by atoms with Crippen molar-refractivity contribution in [3.05, 3.63) is 57.3 Å². The minimum Gasteiger partial charge on any atom is -0.465 e. The van der Waals surface area contributed by atoms with E-state index in [0.29, 0.717) is 5.56 Å². The lowest BCUT2D eigenvalue weighted by Gasteiger charge is -2.22. The molecule has 0 saturated heterocycles. The highest BCUT2D eigenvalue weighted by atomic mass is 35.5. The van der Waals surface area contributed by atoms with E-state index in [-0.39, 0.29) is 35.6 Å². The normalized spacial score (nSPS) is 11.4. The highest BCUT2D eigenvalue weighted by Gasteiger charge is 2.30. The Labute approximate surface area is 169 Å². The van der Waals surface area contributed by atoms with E-state index in [9.17, 15) is 22.8 Å². The minimum atomic E-state index is -4.46. The quantitative estimate of drug-likeness (QED) is 0.623. The smallest absolute Gasteiger partial charge is 0.416 e. The Balaban J connectivity index is 2.29. The van der Waals surface area contributed by atoms with E-state index in [1.807, 2.05) is 0 Å². The van der Waals surface area contributed by atoms with Gasteiger partial charge >= 0.3 is 12.1 Å². The van der Waals surface area contributed by atoms with Gasteiger partial charge in [0.1, 0.15) is 17.4 Å². The van der Waals surface area contributed by atoms with Crippen LogP contribution < -0.4 is 0 Å². The maximum atomic E-state index is 12.9. The van der Waals surface area contributed by atoms with Gasteiger partial charge in [0.2, 0.25) is 0 Å². The molecule has 0 radical (unpaired) electrons. The zero-order valence-electron chi connectivity index (χ0n) is 15.0. The number of carbonyl (C=O) groups is 2. The van der Waals surface area contributed by atoms with Crippen LogP contribution in [-0.2, 0) is 29.3 Å². The van der Waals surface area contributed by atoms with Crippen molar-refractivity contribution in [1.29, 1.82) is 0 Å². The number of rotatable bonds is 6. The van der Waals surface area contributed by atoms with Crippen LogP contribution in [0.25, 0.3) is 0 Å². The summed E-state index contributed by atoms with van der Waals surface area (Å²) in [5.41, 5.74) is -0.260. The van der Waals surface area contributed by atoms with Gasteiger partial charge in [-0.05, 0) is 30.7 Å². The number of hydrogen-bond acceptors (Lipinski definition) is 3. The zero-order valence-corrected chi connectivity index (χ0v) is 16.5. The third-order valence-electron chi connectivity index (χ3n) is 3.90. The number of carbonyl (C=O) groups excluding carboxylic acids is 2. The van der Waals surface area contributed by atoms with Crippen molar-refractivity contribution in [2.24, 2.45) is 7.05 Å². The summed E-state index contributed by atoms with van der Waals surface area (Å²) in [4.78, 5) is 26.0. The van der Waals surface area contributed by atoms with E-state index >= 15 is 0 Å². The molecule has 0 bridgehead atoms. The van der Waals surface area contributed by atoms with Crippen LogP contribution in [0.3, 0.4) is 0 Å². The molecule has 0 unspecified atom stereocenters. The Kier molecular flexibility index (Phi) is 7.01. The number of aromatic nitrogens is 1. The van der Waals surface area contributed by atoms with Gasteiger partial charge in [-0.3, -0.25) is 9.59 Å². The third-order valence-corrected chi connectivity index (χ3v) is 4.74. The molecule has 0 aliphatic carbocycles. The second-order valence-corrected chi connectivity index (χ2v) is 6.65. The van der Waals surface area contributed by atoms with Crippen molar-refractivity contribution in [2.45, 2.75) is 19.6 Å². The van der Waals surface area contributed by atoms with E-state index in [2.05, 4.69) is 0 Å². The largest absolute Gasteiger partial charge is 0.465 e. The van der Waals surface area contributed by atoms with Crippen molar-refractivity contribution in [3.8, 4) is 0 Å². The summed E-state index contributed by atoms with van der Waals surface area (Å²) in [6.45, 7) is 1.27. The van der Waals surface area contributed by atoms with Crippen molar-refractivity contribution in [3.63, 3.8) is 0 Å². The first kappa shape index (κ1) is 22.1. The molecule has 0 fully saturated rings. The van der Waals surface area contributed by atoms with Crippen molar-refractivity contribution in [1.82, 2.24) is 9.47 Å². The van der Waals surface area contributed by atoms with Gasteiger partial charge in [0.05, 0.1) is 17.2 Å². The Bertz CT molecular complexity index is 864. The van der Waals surface area contributed by atoms with Crippen LogP contribution in [0.1, 0.15) is 28.5 Å². The molecular formula is C18H17Cl2F3N2O3. The molecule has 0 saturated carbocycles. The number of halogens is 5. The van der Waals surface area contributed by atoms with Gasteiger partial charge in [-0.15, -0.1) is 0 Å². The summed E-state index contributed by atoms with van der Waals surface area (Å²) < 4.78 is 44.4. The fraction of sp³-hybridized carbons (Fsp3) is 0.333. The highest BCUT2D eigenvalue weighted by molar-refractivity contribution is 6.41. The molecular weight excluding hydrogens is 420 g/mol. The molecule has 1 amide bonds. The third kappa shape index (κ3) is 5.20. The molecule has 5 nitrogen and oxygen atoms in total. The second-order valence-electron chi connectivity index (χ2n) is 5.89. The van der Waals surface area contributed by atoms with Gasteiger partial charge in [-0.25, -0.2) is 0 Å². The summed E-state index contributed by atoms with van der Waals surface area (Å²) in [6, 6.07) is 5.69. The average Bonchev–Trinajstić information content (AvgIpc) is 2.88. The van der Waals surface area contributed by atoms with Gasteiger partial charge in [-0.1, -0.05) is 35.3 Å². The molecule has 28 heavy (non-hydrogen) atoms. The number of alkyl halides is 3. The minimum absolute atomic E-state index is 0.101. The summed E-state index contributed by atoms with van der Waals surface area (Å²) in [5, 5.41) is 0.314. The number of esters is 1. The fourth-order valence-electron chi connectivity index (χ4n) is 2.49. The second kappa shape index (κ2) is 8.87. The molecule has 2 aromatic rings. The summed E-state index contributed by atoms with van der Waals surface area (Å²) in [5.74, 6) is -1.21. The van der Waals surface area contributed by atoms with Crippen LogP contribution in [0.2, 0.25) is 10.2 Å². The predicted octanol–water partition coefficient (Wildman–Crippen LogP) is 4.56. The topological polar surface area (TPSA) is 51.5 Å². The maximum Gasteiger partial charge on any atom is 0.416 e. The standard InChI is InChI=1S/C18H17Cl2F3N2O3/c1-3-28-15(26)10-25(17(27)14-8-13(19)16(20)24(14)2)9-11-4-6-12(7-5-11)18(21,22)23/h4-8H,3,9-10H2,1-2H3. The SMILES string of the molecule is CCOC(=O)CN(Cc1ccc(C(F)(F)F)cc1)C(=O)c1cc(Cl)c(Cl)n1C. The number of amides is 1. The fourth-order valence-corrected chi connectivity index (χ4v) is 2.87. The van der Waals surface area contributed by atoms with Crippen LogP contribution in [0.4, 0.5) is 13.2 Å². The lowest BCUT2D eigenvalue weighted by molar-refractivity contribution is -0.144.